The Labute approximate surface area is 97.1 Å². The zero-order valence-corrected chi connectivity index (χ0v) is 10.1. The van der Waals surface area contributed by atoms with Gasteiger partial charge in [-0.2, -0.15) is 0 Å². The van der Waals surface area contributed by atoms with Gasteiger partial charge in [0.1, 0.15) is 0 Å². The van der Waals surface area contributed by atoms with E-state index in [-0.39, 0.29) is 17.1 Å². The van der Waals surface area contributed by atoms with E-state index < -0.39 is 0 Å². The first-order chi connectivity index (χ1) is 7.64. The van der Waals surface area contributed by atoms with Crippen molar-refractivity contribution >= 4 is 0 Å². The predicted molar refractivity (Wildman–Crippen MR) is 60.2 cm³/mol. The largest absolute Gasteiger partial charge is 0.392 e. The van der Waals surface area contributed by atoms with E-state index in [1.807, 2.05) is 0 Å². The molecule has 3 aliphatic rings. The molecule has 3 heteroatoms. The summed E-state index contributed by atoms with van der Waals surface area (Å²) < 4.78 is 11.4. The van der Waals surface area contributed by atoms with Crippen LogP contribution in [0.25, 0.3) is 0 Å². The van der Waals surface area contributed by atoms with Gasteiger partial charge in [-0.25, -0.2) is 0 Å². The molecule has 3 fully saturated rings. The van der Waals surface area contributed by atoms with Gasteiger partial charge in [-0.1, -0.05) is 6.92 Å². The molecular formula is C13H22O3. The van der Waals surface area contributed by atoms with Crippen molar-refractivity contribution in [1.29, 1.82) is 0 Å². The first-order valence-corrected chi connectivity index (χ1v) is 6.53. The van der Waals surface area contributed by atoms with Crippen molar-refractivity contribution in [2.45, 2.75) is 50.7 Å². The molecule has 0 radical (unpaired) electrons. The van der Waals surface area contributed by atoms with Crippen molar-refractivity contribution in [3.63, 3.8) is 0 Å². The molecule has 1 aliphatic carbocycles. The molecule has 2 aliphatic heterocycles. The fourth-order valence-corrected chi connectivity index (χ4v) is 3.26. The standard InChI is InChI=1S/C13H22O3/c1-12(3-4-12)11(14)10-2-6-16-13(8-10)5-7-15-9-13/h10-11,14H,2-9H2,1H3. The first-order valence-electron chi connectivity index (χ1n) is 6.53. The Morgan fingerprint density at radius 2 is 2.06 bits per heavy atom. The summed E-state index contributed by atoms with van der Waals surface area (Å²) in [5.41, 5.74) is 0.151. The van der Waals surface area contributed by atoms with Crippen LogP contribution in [-0.2, 0) is 9.47 Å². The summed E-state index contributed by atoms with van der Waals surface area (Å²) in [6.45, 7) is 4.55. The molecule has 0 aromatic heterocycles. The Morgan fingerprint density at radius 1 is 1.25 bits per heavy atom. The molecule has 0 aromatic carbocycles. The molecule has 0 aromatic rings. The minimum Gasteiger partial charge on any atom is -0.392 e. The second kappa shape index (κ2) is 3.69. The summed E-state index contributed by atoms with van der Waals surface area (Å²) >= 11 is 0. The minimum absolute atomic E-state index is 0.0604. The quantitative estimate of drug-likeness (QED) is 0.779. The van der Waals surface area contributed by atoms with Crippen LogP contribution in [0.1, 0.15) is 39.0 Å². The van der Waals surface area contributed by atoms with Gasteiger partial charge in [0.25, 0.3) is 0 Å². The smallest absolute Gasteiger partial charge is 0.0940 e. The number of rotatable bonds is 2. The Morgan fingerprint density at radius 3 is 2.69 bits per heavy atom. The van der Waals surface area contributed by atoms with Gasteiger partial charge in [-0.3, -0.25) is 0 Å². The minimum atomic E-state index is -0.131. The third-order valence-corrected chi connectivity index (χ3v) is 4.80. The highest BCUT2D eigenvalue weighted by Crippen LogP contribution is 2.52. The Kier molecular flexibility index (Phi) is 2.54. The number of ether oxygens (including phenoxy) is 2. The van der Waals surface area contributed by atoms with Crippen LogP contribution >= 0.6 is 0 Å². The molecule has 2 heterocycles. The molecule has 1 spiro atoms. The van der Waals surface area contributed by atoms with Gasteiger partial charge >= 0.3 is 0 Å². The Hall–Kier alpha value is -0.120. The van der Waals surface area contributed by atoms with Crippen LogP contribution in [0.2, 0.25) is 0 Å². The predicted octanol–water partition coefficient (Wildman–Crippen LogP) is 1.73. The first kappa shape index (κ1) is 11.0. The van der Waals surface area contributed by atoms with E-state index in [2.05, 4.69) is 6.92 Å². The van der Waals surface area contributed by atoms with Crippen molar-refractivity contribution < 1.29 is 14.6 Å². The maximum absolute atomic E-state index is 10.4. The molecule has 16 heavy (non-hydrogen) atoms. The maximum Gasteiger partial charge on any atom is 0.0940 e. The zero-order chi connectivity index (χ0) is 11.2. The second-order valence-corrected chi connectivity index (χ2v) is 6.19. The fraction of sp³-hybridized carbons (Fsp3) is 1.00. The van der Waals surface area contributed by atoms with E-state index in [1.54, 1.807) is 0 Å². The van der Waals surface area contributed by atoms with E-state index >= 15 is 0 Å². The second-order valence-electron chi connectivity index (χ2n) is 6.19. The third kappa shape index (κ3) is 1.79. The van der Waals surface area contributed by atoms with Crippen molar-refractivity contribution in [2.75, 3.05) is 19.8 Å². The highest BCUT2D eigenvalue weighted by atomic mass is 16.6. The summed E-state index contributed by atoms with van der Waals surface area (Å²) in [7, 11) is 0. The topological polar surface area (TPSA) is 38.7 Å². The molecule has 3 rings (SSSR count). The lowest BCUT2D eigenvalue weighted by molar-refractivity contribution is -0.124. The Bertz CT molecular complexity index is 266. The summed E-state index contributed by atoms with van der Waals surface area (Å²) in [6, 6.07) is 0. The van der Waals surface area contributed by atoms with Crippen LogP contribution < -0.4 is 0 Å². The maximum atomic E-state index is 10.4. The lowest BCUT2D eigenvalue weighted by Gasteiger charge is -2.40. The summed E-state index contributed by atoms with van der Waals surface area (Å²) in [4.78, 5) is 0. The van der Waals surface area contributed by atoms with Crippen LogP contribution in [0.5, 0.6) is 0 Å². The zero-order valence-electron chi connectivity index (χ0n) is 10.1. The van der Waals surface area contributed by atoms with Crippen LogP contribution in [-0.4, -0.2) is 36.6 Å². The van der Waals surface area contributed by atoms with E-state index in [0.29, 0.717) is 5.92 Å². The number of aliphatic hydroxyl groups excluding tert-OH is 1. The van der Waals surface area contributed by atoms with Crippen molar-refractivity contribution in [3.05, 3.63) is 0 Å². The molecule has 1 saturated carbocycles. The molecular weight excluding hydrogens is 204 g/mol. The molecule has 3 nitrogen and oxygen atoms in total. The van der Waals surface area contributed by atoms with Gasteiger partial charge in [0.2, 0.25) is 0 Å². The highest BCUT2D eigenvalue weighted by molar-refractivity contribution is 5.01. The third-order valence-electron chi connectivity index (χ3n) is 4.80. The monoisotopic (exact) mass is 226 g/mol. The highest BCUT2D eigenvalue weighted by Gasteiger charge is 2.51. The Balaban J connectivity index is 1.67. The van der Waals surface area contributed by atoms with Crippen molar-refractivity contribution in [2.24, 2.45) is 11.3 Å². The average molecular weight is 226 g/mol. The van der Waals surface area contributed by atoms with E-state index in [0.717, 1.165) is 39.1 Å². The van der Waals surface area contributed by atoms with E-state index in [9.17, 15) is 5.11 Å². The van der Waals surface area contributed by atoms with E-state index in [4.69, 9.17) is 9.47 Å². The molecule has 3 unspecified atom stereocenters. The fourth-order valence-electron chi connectivity index (χ4n) is 3.26. The molecule has 2 saturated heterocycles. The number of hydrogen-bond acceptors (Lipinski definition) is 3. The van der Waals surface area contributed by atoms with Crippen LogP contribution in [0, 0.1) is 11.3 Å². The molecule has 92 valence electrons. The summed E-state index contributed by atoms with van der Waals surface area (Å²) in [5.74, 6) is 0.419. The molecule has 1 N–H and O–H groups in total. The SMILES string of the molecule is CC1(C(O)C2CCOC3(CCOC3)C2)CC1. The molecule has 3 atom stereocenters. The number of hydrogen-bond donors (Lipinski definition) is 1. The summed E-state index contributed by atoms with van der Waals surface area (Å²) in [6.07, 6.45) is 5.26. The van der Waals surface area contributed by atoms with Gasteiger partial charge in [0, 0.05) is 19.6 Å². The van der Waals surface area contributed by atoms with Gasteiger partial charge in [0.05, 0.1) is 18.3 Å². The van der Waals surface area contributed by atoms with Crippen LogP contribution in [0.15, 0.2) is 0 Å². The molecule has 0 bridgehead atoms. The average Bonchev–Trinajstić information content (AvgIpc) is 2.89. The van der Waals surface area contributed by atoms with Gasteiger partial charge < -0.3 is 14.6 Å². The van der Waals surface area contributed by atoms with Gasteiger partial charge in [-0.15, -0.1) is 0 Å². The van der Waals surface area contributed by atoms with Gasteiger partial charge in [0.15, 0.2) is 0 Å². The normalized spacial score (nSPS) is 43.5. The van der Waals surface area contributed by atoms with E-state index in [1.165, 1.54) is 12.8 Å². The summed E-state index contributed by atoms with van der Waals surface area (Å²) in [5, 5.41) is 10.4. The van der Waals surface area contributed by atoms with Crippen LogP contribution in [0.4, 0.5) is 0 Å². The number of aliphatic hydroxyl groups is 1. The van der Waals surface area contributed by atoms with Crippen LogP contribution in [0.3, 0.4) is 0 Å². The van der Waals surface area contributed by atoms with Gasteiger partial charge in [-0.05, 0) is 37.0 Å². The lowest BCUT2D eigenvalue weighted by atomic mass is 9.78. The molecule has 0 amide bonds. The lowest BCUT2D eigenvalue weighted by Crippen LogP contribution is -2.45. The van der Waals surface area contributed by atoms with Crippen molar-refractivity contribution in [1.82, 2.24) is 0 Å². The van der Waals surface area contributed by atoms with Crippen molar-refractivity contribution in [3.8, 4) is 0 Å².